The van der Waals surface area contributed by atoms with Gasteiger partial charge in [-0.2, -0.15) is 0 Å². The van der Waals surface area contributed by atoms with E-state index >= 15 is 0 Å². The first-order chi connectivity index (χ1) is 16.6. The lowest BCUT2D eigenvalue weighted by atomic mass is 10.0. The third kappa shape index (κ3) is 4.98. The minimum Gasteiger partial charge on any atom is -0.494 e. The number of hydrogen-bond donors (Lipinski definition) is 0. The summed E-state index contributed by atoms with van der Waals surface area (Å²) < 4.78 is 5.55. The number of hydrogen-bond acceptors (Lipinski definition) is 6. The summed E-state index contributed by atoms with van der Waals surface area (Å²) >= 11 is 0. The van der Waals surface area contributed by atoms with Crippen molar-refractivity contribution in [2.45, 2.75) is 26.8 Å². The molecule has 3 aromatic rings. The number of ether oxygens (including phenoxy) is 1. The van der Waals surface area contributed by atoms with Crippen molar-refractivity contribution >= 4 is 17.4 Å². The first-order valence-electron chi connectivity index (χ1n) is 11.5. The smallest absolute Gasteiger partial charge is 0.278 e. The maximum Gasteiger partial charge on any atom is 0.278 e. The Hall–Kier alpha value is -4.00. The molecule has 7 nitrogen and oxygen atoms in total. The Morgan fingerprint density at radius 1 is 0.882 bits per heavy atom. The maximum atomic E-state index is 13.6. The van der Waals surface area contributed by atoms with Gasteiger partial charge in [-0.25, -0.2) is 0 Å². The Kier molecular flexibility index (Phi) is 7.32. The Balaban J connectivity index is 1.69. The first-order valence-corrected chi connectivity index (χ1v) is 11.5. The van der Waals surface area contributed by atoms with Crippen LogP contribution in [0.1, 0.15) is 30.5 Å². The van der Waals surface area contributed by atoms with Gasteiger partial charge in [0.15, 0.2) is 0 Å². The predicted molar refractivity (Wildman–Crippen MR) is 130 cm³/mol. The van der Waals surface area contributed by atoms with Gasteiger partial charge in [-0.1, -0.05) is 18.2 Å². The van der Waals surface area contributed by atoms with Crippen molar-refractivity contribution in [3.8, 4) is 5.75 Å². The number of likely N-dealkylation sites (N-methyl/N-ethyl adjacent to an activating group) is 1. The Bertz CT molecular complexity index is 1160. The fraction of sp³-hybridized carbons (Fsp3) is 0.259. The molecule has 0 fully saturated rings. The Labute approximate surface area is 199 Å². The van der Waals surface area contributed by atoms with E-state index in [0.717, 1.165) is 23.3 Å². The van der Waals surface area contributed by atoms with Crippen LogP contribution in [0.15, 0.2) is 79.0 Å². The number of aromatic nitrogens is 2. The van der Waals surface area contributed by atoms with E-state index in [2.05, 4.69) is 9.97 Å². The van der Waals surface area contributed by atoms with Crippen LogP contribution in [0.4, 0.5) is 0 Å². The average Bonchev–Trinajstić information content (AvgIpc) is 3.11. The van der Waals surface area contributed by atoms with Crippen LogP contribution in [-0.2, 0) is 22.6 Å². The van der Waals surface area contributed by atoms with Gasteiger partial charge in [0.1, 0.15) is 11.4 Å². The van der Waals surface area contributed by atoms with Crippen molar-refractivity contribution < 1.29 is 14.3 Å². The Morgan fingerprint density at radius 2 is 1.65 bits per heavy atom. The lowest BCUT2D eigenvalue weighted by molar-refractivity contribution is -0.138. The number of rotatable bonds is 10. The van der Waals surface area contributed by atoms with Gasteiger partial charge < -0.3 is 9.64 Å². The molecule has 2 aromatic heterocycles. The molecule has 34 heavy (non-hydrogen) atoms. The number of carbonyl (C=O) groups excluding carboxylic acids is 2. The highest BCUT2D eigenvalue weighted by atomic mass is 16.5. The van der Waals surface area contributed by atoms with Crippen molar-refractivity contribution in [1.82, 2.24) is 19.8 Å². The van der Waals surface area contributed by atoms with Crippen LogP contribution < -0.4 is 4.74 Å². The molecule has 2 amide bonds. The quantitative estimate of drug-likeness (QED) is 0.433. The van der Waals surface area contributed by atoms with E-state index in [-0.39, 0.29) is 18.4 Å². The second kappa shape index (κ2) is 10.7. The van der Waals surface area contributed by atoms with E-state index in [9.17, 15) is 9.59 Å². The second-order valence-electron chi connectivity index (χ2n) is 7.92. The molecule has 0 atom stereocenters. The SMILES string of the molecule is CCOc1ccc(C2=C(N(CC)CCc3ccncc3)C(=O)N(Cc3cccnc3)C2=O)cc1. The predicted octanol–water partition coefficient (Wildman–Crippen LogP) is 3.72. The standard InChI is InChI=1S/C27H28N4O3/c1-3-30(17-13-20-11-15-28-16-12-20)25-24(22-7-9-23(10-8-22)34-4-2)26(32)31(27(25)33)19-21-6-5-14-29-18-21/h5-12,14-16,18H,3-4,13,17,19H2,1-2H3. The molecule has 174 valence electrons. The van der Waals surface area contributed by atoms with E-state index in [0.29, 0.717) is 36.5 Å². The van der Waals surface area contributed by atoms with Crippen LogP contribution in [0.5, 0.6) is 5.75 Å². The maximum absolute atomic E-state index is 13.6. The van der Waals surface area contributed by atoms with E-state index < -0.39 is 0 Å². The van der Waals surface area contributed by atoms with Crippen molar-refractivity contribution in [2.24, 2.45) is 0 Å². The van der Waals surface area contributed by atoms with E-state index in [1.54, 1.807) is 30.9 Å². The van der Waals surface area contributed by atoms with Crippen LogP contribution in [-0.4, -0.2) is 51.3 Å². The molecule has 4 rings (SSSR count). The number of amides is 2. The minimum absolute atomic E-state index is 0.178. The molecule has 0 spiro atoms. The topological polar surface area (TPSA) is 75.6 Å². The van der Waals surface area contributed by atoms with Crippen LogP contribution in [0, 0.1) is 0 Å². The number of imide groups is 1. The first kappa shape index (κ1) is 23.2. The summed E-state index contributed by atoms with van der Waals surface area (Å²) in [6, 6.07) is 14.9. The molecular formula is C27H28N4O3. The van der Waals surface area contributed by atoms with Gasteiger partial charge in [-0.3, -0.25) is 24.5 Å². The highest BCUT2D eigenvalue weighted by Gasteiger charge is 2.41. The summed E-state index contributed by atoms with van der Waals surface area (Å²) in [7, 11) is 0. The minimum atomic E-state index is -0.296. The molecule has 0 saturated carbocycles. The average molecular weight is 457 g/mol. The van der Waals surface area contributed by atoms with Crippen LogP contribution in [0.2, 0.25) is 0 Å². The van der Waals surface area contributed by atoms with Crippen LogP contribution >= 0.6 is 0 Å². The van der Waals surface area contributed by atoms with E-state index in [1.807, 2.05) is 61.2 Å². The molecule has 0 N–H and O–H groups in total. The van der Waals surface area contributed by atoms with Gasteiger partial charge >= 0.3 is 0 Å². The molecule has 0 saturated heterocycles. The van der Waals surface area contributed by atoms with Gasteiger partial charge in [0.05, 0.1) is 18.7 Å². The van der Waals surface area contributed by atoms with Crippen LogP contribution in [0.3, 0.4) is 0 Å². The molecule has 1 aliphatic rings. The van der Waals surface area contributed by atoms with Crippen molar-refractivity contribution in [3.63, 3.8) is 0 Å². The van der Waals surface area contributed by atoms with Crippen molar-refractivity contribution in [1.29, 1.82) is 0 Å². The monoisotopic (exact) mass is 456 g/mol. The summed E-state index contributed by atoms with van der Waals surface area (Å²) in [6.45, 7) is 5.86. The third-order valence-electron chi connectivity index (χ3n) is 5.78. The summed E-state index contributed by atoms with van der Waals surface area (Å²) in [4.78, 5) is 38.7. The van der Waals surface area contributed by atoms with E-state index in [1.165, 1.54) is 4.90 Å². The number of pyridine rings is 2. The summed E-state index contributed by atoms with van der Waals surface area (Å²) in [5, 5.41) is 0. The summed E-state index contributed by atoms with van der Waals surface area (Å²) in [6.07, 6.45) is 7.60. The lowest BCUT2D eigenvalue weighted by Gasteiger charge is -2.25. The number of carbonyl (C=O) groups is 2. The van der Waals surface area contributed by atoms with Gasteiger partial charge in [0, 0.05) is 37.9 Å². The zero-order valence-corrected chi connectivity index (χ0v) is 19.5. The molecule has 7 heteroatoms. The molecule has 1 aromatic carbocycles. The summed E-state index contributed by atoms with van der Waals surface area (Å²) in [5.74, 6) is 0.145. The fourth-order valence-corrected chi connectivity index (χ4v) is 4.06. The third-order valence-corrected chi connectivity index (χ3v) is 5.78. The number of nitrogens with zero attached hydrogens (tertiary/aromatic N) is 4. The zero-order valence-electron chi connectivity index (χ0n) is 19.5. The van der Waals surface area contributed by atoms with Crippen molar-refractivity contribution in [2.75, 3.05) is 19.7 Å². The fourth-order valence-electron chi connectivity index (χ4n) is 4.06. The van der Waals surface area contributed by atoms with E-state index in [4.69, 9.17) is 4.74 Å². The summed E-state index contributed by atoms with van der Waals surface area (Å²) in [5.41, 5.74) is 3.49. The van der Waals surface area contributed by atoms with Crippen LogP contribution in [0.25, 0.3) is 5.57 Å². The molecule has 0 bridgehead atoms. The normalized spacial score (nSPS) is 13.5. The highest BCUT2D eigenvalue weighted by Crippen LogP contribution is 2.33. The lowest BCUT2D eigenvalue weighted by Crippen LogP contribution is -2.35. The second-order valence-corrected chi connectivity index (χ2v) is 7.92. The Morgan fingerprint density at radius 3 is 2.29 bits per heavy atom. The molecule has 0 unspecified atom stereocenters. The molecule has 0 aliphatic carbocycles. The molecule has 3 heterocycles. The largest absolute Gasteiger partial charge is 0.494 e. The van der Waals surface area contributed by atoms with Crippen molar-refractivity contribution in [3.05, 3.63) is 95.7 Å². The highest BCUT2D eigenvalue weighted by molar-refractivity contribution is 6.35. The van der Waals surface area contributed by atoms with Gasteiger partial charge in [-0.05, 0) is 67.3 Å². The zero-order chi connectivity index (χ0) is 23.9. The number of benzene rings is 1. The molecule has 1 aliphatic heterocycles. The molecular weight excluding hydrogens is 428 g/mol. The van der Waals surface area contributed by atoms with Gasteiger partial charge in [0.2, 0.25) is 0 Å². The van der Waals surface area contributed by atoms with Gasteiger partial charge in [0.25, 0.3) is 11.8 Å². The van der Waals surface area contributed by atoms with Gasteiger partial charge in [-0.15, -0.1) is 0 Å². The molecule has 0 radical (unpaired) electrons.